The molecule has 0 N–H and O–H groups in total. The predicted molar refractivity (Wildman–Crippen MR) is 73.4 cm³/mol. The van der Waals surface area contributed by atoms with Crippen molar-refractivity contribution in [2.75, 3.05) is 7.11 Å². The van der Waals surface area contributed by atoms with Crippen molar-refractivity contribution in [1.82, 2.24) is 0 Å². The molecule has 0 bridgehead atoms. The zero-order valence-corrected chi connectivity index (χ0v) is 11.3. The van der Waals surface area contributed by atoms with E-state index in [1.54, 1.807) is 30.3 Å². The quantitative estimate of drug-likeness (QED) is 0.780. The Morgan fingerprint density at radius 1 is 1.16 bits per heavy atom. The lowest BCUT2D eigenvalue weighted by Crippen LogP contribution is -1.94. The molecule has 0 saturated heterocycles. The molecule has 0 aliphatic rings. The van der Waals surface area contributed by atoms with E-state index in [0.29, 0.717) is 27.5 Å². The van der Waals surface area contributed by atoms with Crippen LogP contribution in [0.25, 0.3) is 11.1 Å². The highest BCUT2D eigenvalue weighted by Gasteiger charge is 2.12. The molecule has 98 valence electrons. The molecule has 4 heteroatoms. The molecule has 0 heterocycles. The van der Waals surface area contributed by atoms with Crippen LogP contribution in [0.15, 0.2) is 36.4 Å². The summed E-state index contributed by atoms with van der Waals surface area (Å²) in [5.74, 6) is -0.103. The van der Waals surface area contributed by atoms with Gasteiger partial charge >= 0.3 is 0 Å². The maximum absolute atomic E-state index is 14.0. The van der Waals surface area contributed by atoms with Crippen molar-refractivity contribution in [1.29, 1.82) is 0 Å². The molecule has 0 unspecified atom stereocenters. The standard InChI is InChI=1S/C15H12ClFO2/c1-9(18)10-3-6-14(16)13(7-10)12-5-4-11(19-2)8-15(12)17/h3-8H,1-2H3. The second-order valence-electron chi connectivity index (χ2n) is 4.10. The number of benzene rings is 2. The Hall–Kier alpha value is -1.87. The minimum atomic E-state index is -0.443. The number of ketones is 1. The molecule has 0 radical (unpaired) electrons. The molecule has 0 aromatic heterocycles. The minimum absolute atomic E-state index is 0.0909. The third kappa shape index (κ3) is 2.76. The number of ether oxygens (including phenoxy) is 1. The van der Waals surface area contributed by atoms with Crippen molar-refractivity contribution >= 4 is 17.4 Å². The van der Waals surface area contributed by atoms with E-state index in [1.165, 1.54) is 20.1 Å². The Balaban J connectivity index is 2.58. The summed E-state index contributed by atoms with van der Waals surface area (Å²) < 4.78 is 19.0. The summed E-state index contributed by atoms with van der Waals surface area (Å²) in [6, 6.07) is 9.32. The van der Waals surface area contributed by atoms with Crippen LogP contribution >= 0.6 is 11.6 Å². The molecular formula is C15H12ClFO2. The summed E-state index contributed by atoms with van der Waals surface area (Å²) in [6.45, 7) is 1.46. The SMILES string of the molecule is COc1ccc(-c2cc(C(C)=O)ccc2Cl)c(F)c1. The van der Waals surface area contributed by atoms with Gasteiger partial charge in [-0.15, -0.1) is 0 Å². The predicted octanol–water partition coefficient (Wildman–Crippen LogP) is 4.36. The lowest BCUT2D eigenvalue weighted by molar-refractivity contribution is 0.101. The van der Waals surface area contributed by atoms with E-state index in [0.717, 1.165) is 0 Å². The summed E-state index contributed by atoms with van der Waals surface area (Å²) >= 11 is 6.07. The number of Topliss-reactive ketones (excluding diaryl/α,β-unsaturated/α-hetero) is 1. The van der Waals surface area contributed by atoms with Gasteiger partial charge in [0.25, 0.3) is 0 Å². The number of methoxy groups -OCH3 is 1. The van der Waals surface area contributed by atoms with Gasteiger partial charge in [-0.05, 0) is 37.3 Å². The summed E-state index contributed by atoms with van der Waals surface area (Å²) in [4.78, 5) is 11.4. The van der Waals surface area contributed by atoms with Crippen LogP contribution in [0.2, 0.25) is 5.02 Å². The van der Waals surface area contributed by atoms with E-state index in [-0.39, 0.29) is 5.78 Å². The monoisotopic (exact) mass is 278 g/mol. The summed E-state index contributed by atoms with van der Waals surface area (Å²) in [6.07, 6.45) is 0. The first kappa shape index (κ1) is 13.6. The van der Waals surface area contributed by atoms with Gasteiger partial charge in [0, 0.05) is 27.8 Å². The largest absolute Gasteiger partial charge is 0.497 e. The van der Waals surface area contributed by atoms with E-state index in [2.05, 4.69) is 0 Å². The molecule has 2 nitrogen and oxygen atoms in total. The molecule has 0 amide bonds. The molecule has 0 saturated carbocycles. The first-order chi connectivity index (χ1) is 9.02. The third-order valence-electron chi connectivity index (χ3n) is 2.84. The van der Waals surface area contributed by atoms with Gasteiger partial charge in [-0.1, -0.05) is 11.6 Å². The van der Waals surface area contributed by atoms with E-state index in [1.807, 2.05) is 0 Å². The maximum Gasteiger partial charge on any atom is 0.159 e. The second-order valence-corrected chi connectivity index (χ2v) is 4.50. The van der Waals surface area contributed by atoms with Gasteiger partial charge in [0.05, 0.1) is 7.11 Å². The topological polar surface area (TPSA) is 26.3 Å². The molecular weight excluding hydrogens is 267 g/mol. The zero-order valence-electron chi connectivity index (χ0n) is 10.5. The van der Waals surface area contributed by atoms with Crippen LogP contribution in [-0.2, 0) is 0 Å². The number of halogens is 2. The molecule has 2 rings (SSSR count). The van der Waals surface area contributed by atoms with Crippen molar-refractivity contribution in [3.8, 4) is 16.9 Å². The van der Waals surface area contributed by atoms with Crippen molar-refractivity contribution in [2.24, 2.45) is 0 Å². The van der Waals surface area contributed by atoms with Crippen molar-refractivity contribution < 1.29 is 13.9 Å². The van der Waals surface area contributed by atoms with Gasteiger partial charge in [0.2, 0.25) is 0 Å². The fraction of sp³-hybridized carbons (Fsp3) is 0.133. The van der Waals surface area contributed by atoms with Gasteiger partial charge in [-0.2, -0.15) is 0 Å². The smallest absolute Gasteiger partial charge is 0.159 e. The highest BCUT2D eigenvalue weighted by atomic mass is 35.5. The van der Waals surface area contributed by atoms with Crippen LogP contribution in [0.1, 0.15) is 17.3 Å². The minimum Gasteiger partial charge on any atom is -0.497 e. The maximum atomic E-state index is 14.0. The third-order valence-corrected chi connectivity index (χ3v) is 3.17. The summed E-state index contributed by atoms with van der Waals surface area (Å²) in [5.41, 5.74) is 1.33. The van der Waals surface area contributed by atoms with Crippen molar-refractivity contribution in [3.63, 3.8) is 0 Å². The van der Waals surface area contributed by atoms with E-state index in [4.69, 9.17) is 16.3 Å². The van der Waals surface area contributed by atoms with Crippen molar-refractivity contribution in [3.05, 3.63) is 52.8 Å². The van der Waals surface area contributed by atoms with Crippen molar-refractivity contribution in [2.45, 2.75) is 6.92 Å². The lowest BCUT2D eigenvalue weighted by Gasteiger charge is -2.09. The average Bonchev–Trinajstić information content (AvgIpc) is 2.39. The van der Waals surface area contributed by atoms with Crippen LogP contribution in [0, 0.1) is 5.82 Å². The number of carbonyl (C=O) groups excluding carboxylic acids is 1. The number of hydrogen-bond acceptors (Lipinski definition) is 2. The molecule has 0 atom stereocenters. The van der Waals surface area contributed by atoms with E-state index in [9.17, 15) is 9.18 Å². The van der Waals surface area contributed by atoms with Gasteiger partial charge < -0.3 is 4.74 Å². The van der Waals surface area contributed by atoms with Gasteiger partial charge in [-0.3, -0.25) is 4.79 Å². The first-order valence-electron chi connectivity index (χ1n) is 5.67. The summed E-state index contributed by atoms with van der Waals surface area (Å²) in [5, 5.41) is 0.397. The Kier molecular flexibility index (Phi) is 3.86. The van der Waals surface area contributed by atoms with Crippen LogP contribution in [0.4, 0.5) is 4.39 Å². The zero-order chi connectivity index (χ0) is 14.0. The molecule has 0 spiro atoms. The lowest BCUT2D eigenvalue weighted by atomic mass is 10.0. The van der Waals surface area contributed by atoms with Gasteiger partial charge in [-0.25, -0.2) is 4.39 Å². The van der Waals surface area contributed by atoms with Crippen LogP contribution in [0.5, 0.6) is 5.75 Å². The Bertz CT molecular complexity index is 638. The Morgan fingerprint density at radius 3 is 2.47 bits per heavy atom. The molecule has 19 heavy (non-hydrogen) atoms. The normalized spacial score (nSPS) is 10.3. The van der Waals surface area contributed by atoms with E-state index < -0.39 is 5.82 Å². The Morgan fingerprint density at radius 2 is 1.89 bits per heavy atom. The fourth-order valence-corrected chi connectivity index (χ4v) is 2.01. The first-order valence-corrected chi connectivity index (χ1v) is 6.05. The fourth-order valence-electron chi connectivity index (χ4n) is 1.79. The van der Waals surface area contributed by atoms with Crippen LogP contribution < -0.4 is 4.74 Å². The number of rotatable bonds is 3. The highest BCUT2D eigenvalue weighted by molar-refractivity contribution is 6.33. The average molecular weight is 279 g/mol. The second kappa shape index (κ2) is 5.41. The van der Waals surface area contributed by atoms with Crippen LogP contribution in [-0.4, -0.2) is 12.9 Å². The highest BCUT2D eigenvalue weighted by Crippen LogP contribution is 2.32. The van der Waals surface area contributed by atoms with Gasteiger partial charge in [0.1, 0.15) is 11.6 Å². The molecule has 2 aromatic rings. The molecule has 2 aromatic carbocycles. The molecule has 0 fully saturated rings. The molecule has 0 aliphatic heterocycles. The Labute approximate surface area is 115 Å². The van der Waals surface area contributed by atoms with Gasteiger partial charge in [0.15, 0.2) is 5.78 Å². The van der Waals surface area contributed by atoms with E-state index >= 15 is 0 Å². The summed E-state index contributed by atoms with van der Waals surface area (Å²) in [7, 11) is 1.47. The number of hydrogen-bond donors (Lipinski definition) is 0. The van der Waals surface area contributed by atoms with Crippen LogP contribution in [0.3, 0.4) is 0 Å². The molecule has 0 aliphatic carbocycles. The number of carbonyl (C=O) groups is 1.